The largest absolute Gasteiger partial charge is 0.355 e. The third-order valence-corrected chi connectivity index (χ3v) is 4.42. The maximum atomic E-state index is 11.9. The average Bonchev–Trinajstić information content (AvgIpc) is 2.28. The van der Waals surface area contributed by atoms with E-state index in [0.717, 1.165) is 0 Å². The van der Waals surface area contributed by atoms with Gasteiger partial charge in [-0.25, -0.2) is 8.42 Å². The van der Waals surface area contributed by atoms with Crippen molar-refractivity contribution in [3.05, 3.63) is 29.8 Å². The van der Waals surface area contributed by atoms with Crippen LogP contribution in [0.25, 0.3) is 0 Å². The van der Waals surface area contributed by atoms with Crippen LogP contribution in [0.3, 0.4) is 0 Å². The van der Waals surface area contributed by atoms with Gasteiger partial charge in [-0.2, -0.15) is 0 Å². The highest BCUT2D eigenvalue weighted by molar-refractivity contribution is 7.92. The summed E-state index contributed by atoms with van der Waals surface area (Å²) >= 11 is 0. The van der Waals surface area contributed by atoms with E-state index in [0.29, 0.717) is 5.56 Å². The fourth-order valence-corrected chi connectivity index (χ4v) is 2.33. The molecule has 16 heavy (non-hydrogen) atoms. The lowest BCUT2D eigenvalue weighted by molar-refractivity contribution is 0.0963. The van der Waals surface area contributed by atoms with Crippen LogP contribution in [-0.4, -0.2) is 26.6 Å². The molecule has 0 saturated carbocycles. The summed E-state index contributed by atoms with van der Waals surface area (Å²) in [7, 11) is -1.82. The number of carbonyl (C=O) groups is 1. The predicted octanol–water partition coefficient (Wildman–Crippen LogP) is 1.23. The van der Waals surface area contributed by atoms with Crippen LogP contribution < -0.4 is 5.32 Å². The third kappa shape index (κ3) is 2.41. The van der Waals surface area contributed by atoms with Crippen molar-refractivity contribution in [2.75, 3.05) is 7.05 Å². The minimum Gasteiger partial charge on any atom is -0.355 e. The van der Waals surface area contributed by atoms with Gasteiger partial charge in [0.05, 0.1) is 10.1 Å². The molecule has 0 fully saturated rings. The van der Waals surface area contributed by atoms with Gasteiger partial charge in [0.15, 0.2) is 9.84 Å². The fraction of sp³-hybridized carbons (Fsp3) is 0.364. The predicted molar refractivity (Wildman–Crippen MR) is 62.2 cm³/mol. The highest BCUT2D eigenvalue weighted by Gasteiger charge is 2.19. The lowest BCUT2D eigenvalue weighted by Gasteiger charge is -2.08. The van der Waals surface area contributed by atoms with Crippen molar-refractivity contribution in [3.63, 3.8) is 0 Å². The molecule has 0 aliphatic heterocycles. The quantitative estimate of drug-likeness (QED) is 0.865. The monoisotopic (exact) mass is 241 g/mol. The van der Waals surface area contributed by atoms with E-state index >= 15 is 0 Å². The maximum Gasteiger partial charge on any atom is 0.251 e. The Bertz CT molecular complexity index is 492. The molecule has 5 heteroatoms. The molecule has 0 aliphatic carbocycles. The Hall–Kier alpha value is -1.36. The van der Waals surface area contributed by atoms with Gasteiger partial charge in [-0.15, -0.1) is 0 Å². The second kappa shape index (κ2) is 4.65. The van der Waals surface area contributed by atoms with Crippen molar-refractivity contribution in [1.29, 1.82) is 0 Å². The van der Waals surface area contributed by atoms with E-state index in [1.807, 2.05) is 0 Å². The first-order valence-corrected chi connectivity index (χ1v) is 6.50. The van der Waals surface area contributed by atoms with Gasteiger partial charge in [0, 0.05) is 12.6 Å². The average molecular weight is 241 g/mol. The Morgan fingerprint density at radius 3 is 2.44 bits per heavy atom. The Labute approximate surface area is 95.6 Å². The fourth-order valence-electron chi connectivity index (χ4n) is 1.23. The van der Waals surface area contributed by atoms with Crippen LogP contribution in [0.15, 0.2) is 29.2 Å². The van der Waals surface area contributed by atoms with Crippen LogP contribution in [-0.2, 0) is 9.84 Å². The van der Waals surface area contributed by atoms with Gasteiger partial charge in [0.2, 0.25) is 0 Å². The molecule has 0 saturated heterocycles. The zero-order valence-electron chi connectivity index (χ0n) is 9.52. The van der Waals surface area contributed by atoms with Crippen LogP contribution in [0, 0.1) is 0 Å². The normalized spacial score (nSPS) is 11.5. The molecular formula is C11H15NO3S. The highest BCUT2D eigenvalue weighted by atomic mass is 32.2. The molecule has 1 N–H and O–H groups in total. The molecule has 0 spiro atoms. The van der Waals surface area contributed by atoms with Crippen LogP contribution >= 0.6 is 0 Å². The van der Waals surface area contributed by atoms with Crippen LogP contribution in [0.2, 0.25) is 0 Å². The lowest BCUT2D eigenvalue weighted by Crippen LogP contribution is -2.19. The number of rotatable bonds is 3. The number of sulfone groups is 1. The molecule has 0 heterocycles. The lowest BCUT2D eigenvalue weighted by atomic mass is 10.2. The van der Waals surface area contributed by atoms with E-state index in [9.17, 15) is 13.2 Å². The summed E-state index contributed by atoms with van der Waals surface area (Å²) in [5, 5.41) is 1.96. The molecule has 0 unspecified atom stereocenters. The molecule has 88 valence electrons. The molecule has 0 atom stereocenters. The summed E-state index contributed by atoms with van der Waals surface area (Å²) in [6.45, 7) is 3.23. The summed E-state index contributed by atoms with van der Waals surface area (Å²) in [6, 6.07) is 6.05. The first-order chi connectivity index (χ1) is 7.39. The zero-order valence-corrected chi connectivity index (χ0v) is 10.3. The Morgan fingerprint density at radius 2 is 1.94 bits per heavy atom. The van der Waals surface area contributed by atoms with Gasteiger partial charge in [-0.1, -0.05) is 6.07 Å². The number of benzene rings is 1. The van der Waals surface area contributed by atoms with Gasteiger partial charge in [-0.3, -0.25) is 4.79 Å². The first kappa shape index (κ1) is 12.7. The summed E-state index contributed by atoms with van der Waals surface area (Å²) in [5.41, 5.74) is 0.351. The standard InChI is InChI=1S/C11H15NO3S/c1-8(2)16(14,15)10-6-4-5-9(7-10)11(13)12-3/h4-8H,1-3H3,(H,12,13). The molecule has 0 aliphatic rings. The van der Waals surface area contributed by atoms with Crippen molar-refractivity contribution in [2.45, 2.75) is 24.0 Å². The van der Waals surface area contributed by atoms with Gasteiger partial charge >= 0.3 is 0 Å². The Morgan fingerprint density at radius 1 is 1.31 bits per heavy atom. The van der Waals surface area contributed by atoms with Crippen LogP contribution in [0.4, 0.5) is 0 Å². The molecule has 4 nitrogen and oxygen atoms in total. The number of nitrogens with one attached hydrogen (secondary N) is 1. The maximum absolute atomic E-state index is 11.9. The molecule has 0 bridgehead atoms. The van der Waals surface area contributed by atoms with E-state index < -0.39 is 15.1 Å². The van der Waals surface area contributed by atoms with Crippen LogP contribution in [0.1, 0.15) is 24.2 Å². The number of hydrogen-bond donors (Lipinski definition) is 1. The number of amides is 1. The topological polar surface area (TPSA) is 63.2 Å². The van der Waals surface area contributed by atoms with E-state index in [1.165, 1.54) is 19.2 Å². The molecule has 0 aromatic heterocycles. The zero-order chi connectivity index (χ0) is 12.3. The Balaban J connectivity index is 3.24. The second-order valence-corrected chi connectivity index (χ2v) is 6.20. The van der Waals surface area contributed by atoms with Crippen molar-refractivity contribution in [1.82, 2.24) is 5.32 Å². The second-order valence-electron chi connectivity index (χ2n) is 3.70. The van der Waals surface area contributed by atoms with Crippen molar-refractivity contribution < 1.29 is 13.2 Å². The van der Waals surface area contributed by atoms with E-state index in [-0.39, 0.29) is 10.8 Å². The summed E-state index contributed by atoms with van der Waals surface area (Å²) < 4.78 is 23.7. The van der Waals surface area contributed by atoms with Gasteiger partial charge in [0.1, 0.15) is 0 Å². The molecule has 1 amide bonds. The molecule has 1 rings (SSSR count). The van der Waals surface area contributed by atoms with Crippen molar-refractivity contribution in [3.8, 4) is 0 Å². The summed E-state index contributed by atoms with van der Waals surface area (Å²) in [5.74, 6) is -0.291. The van der Waals surface area contributed by atoms with Crippen molar-refractivity contribution in [2.24, 2.45) is 0 Å². The SMILES string of the molecule is CNC(=O)c1cccc(S(=O)(=O)C(C)C)c1. The van der Waals surface area contributed by atoms with Gasteiger partial charge < -0.3 is 5.32 Å². The minimum atomic E-state index is -3.32. The van der Waals surface area contributed by atoms with Gasteiger partial charge in [-0.05, 0) is 32.0 Å². The molecule has 1 aromatic rings. The number of hydrogen-bond acceptors (Lipinski definition) is 3. The highest BCUT2D eigenvalue weighted by Crippen LogP contribution is 2.17. The van der Waals surface area contributed by atoms with E-state index in [4.69, 9.17) is 0 Å². The van der Waals surface area contributed by atoms with E-state index in [1.54, 1.807) is 26.0 Å². The molecule has 1 aromatic carbocycles. The summed E-state index contributed by atoms with van der Waals surface area (Å²) in [6.07, 6.45) is 0. The molecule has 0 radical (unpaired) electrons. The third-order valence-electron chi connectivity index (χ3n) is 2.27. The smallest absolute Gasteiger partial charge is 0.251 e. The molecular weight excluding hydrogens is 226 g/mol. The van der Waals surface area contributed by atoms with E-state index in [2.05, 4.69) is 5.32 Å². The van der Waals surface area contributed by atoms with Gasteiger partial charge in [0.25, 0.3) is 5.91 Å². The Kier molecular flexibility index (Phi) is 3.70. The van der Waals surface area contributed by atoms with Crippen molar-refractivity contribution >= 4 is 15.7 Å². The van der Waals surface area contributed by atoms with Crippen LogP contribution in [0.5, 0.6) is 0 Å². The first-order valence-electron chi connectivity index (χ1n) is 4.95. The summed E-state index contributed by atoms with van der Waals surface area (Å²) in [4.78, 5) is 11.5. The minimum absolute atomic E-state index is 0.184. The number of carbonyl (C=O) groups excluding carboxylic acids is 1.